The highest BCUT2D eigenvalue weighted by Crippen LogP contribution is 2.38. The number of nitrogens with zero attached hydrogens (tertiary/aromatic N) is 2. The molecule has 0 spiro atoms. The topological polar surface area (TPSA) is 63.1 Å². The summed E-state index contributed by atoms with van der Waals surface area (Å²) in [7, 11) is 0. The van der Waals surface area contributed by atoms with E-state index in [0.29, 0.717) is 22.7 Å². The molecule has 2 aromatic heterocycles. The number of thioether (sulfide) groups is 1. The number of benzene rings is 2. The molecule has 4 rings (SSSR count). The molecule has 0 atom stereocenters. The summed E-state index contributed by atoms with van der Waals surface area (Å²) in [5, 5.41) is 10.4. The van der Waals surface area contributed by atoms with Gasteiger partial charge < -0.3 is 5.11 Å². The van der Waals surface area contributed by atoms with Gasteiger partial charge in [-0.25, -0.2) is 9.97 Å². The molecule has 0 amide bonds. The Bertz CT molecular complexity index is 1310. The lowest BCUT2D eigenvalue weighted by atomic mass is 10.1. The van der Waals surface area contributed by atoms with E-state index < -0.39 is 17.7 Å². The molecule has 0 radical (unpaired) electrons. The summed E-state index contributed by atoms with van der Waals surface area (Å²) in [4.78, 5) is 22.2. The molecular formula is C23H19F3N2O2S3. The second-order valence-electron chi connectivity index (χ2n) is 7.50. The van der Waals surface area contributed by atoms with E-state index in [2.05, 4.69) is 16.0 Å². The summed E-state index contributed by atoms with van der Waals surface area (Å²) in [6.45, 7) is 3.91. The summed E-state index contributed by atoms with van der Waals surface area (Å²) in [5.74, 6) is -0.171. The number of carbonyl (C=O) groups is 1. The van der Waals surface area contributed by atoms with Crippen LogP contribution in [0.25, 0.3) is 20.8 Å². The molecule has 0 aliphatic heterocycles. The highest BCUT2D eigenvalue weighted by molar-refractivity contribution is 7.99. The number of fused-ring (bicyclic) bond motifs is 1. The Morgan fingerprint density at radius 1 is 1.09 bits per heavy atom. The Kier molecular flexibility index (Phi) is 6.78. The number of carboxylic acid groups (broad SMARTS) is 1. The predicted octanol–water partition coefficient (Wildman–Crippen LogP) is 7.36. The van der Waals surface area contributed by atoms with E-state index in [9.17, 15) is 18.0 Å². The molecular weight excluding hydrogens is 489 g/mol. The van der Waals surface area contributed by atoms with E-state index in [4.69, 9.17) is 5.11 Å². The lowest BCUT2D eigenvalue weighted by Crippen LogP contribution is -2.03. The maximum atomic E-state index is 12.8. The second kappa shape index (κ2) is 9.44. The normalized spacial score (nSPS) is 11.9. The van der Waals surface area contributed by atoms with Crippen LogP contribution in [0.5, 0.6) is 0 Å². The van der Waals surface area contributed by atoms with Crippen LogP contribution in [-0.2, 0) is 23.1 Å². The van der Waals surface area contributed by atoms with Crippen LogP contribution in [0.4, 0.5) is 13.2 Å². The van der Waals surface area contributed by atoms with Crippen molar-refractivity contribution in [2.45, 2.75) is 43.5 Å². The van der Waals surface area contributed by atoms with Gasteiger partial charge in [0.15, 0.2) is 0 Å². The Balaban J connectivity index is 1.54. The molecule has 0 fully saturated rings. The first-order valence-electron chi connectivity index (χ1n) is 9.99. The second-order valence-corrected chi connectivity index (χ2v) is 10.7. The lowest BCUT2D eigenvalue weighted by Gasteiger charge is -2.06. The smallest absolute Gasteiger partial charge is 0.416 e. The zero-order valence-electron chi connectivity index (χ0n) is 17.7. The van der Waals surface area contributed by atoms with Crippen LogP contribution in [-0.4, -0.2) is 21.0 Å². The molecule has 4 aromatic rings. The molecule has 2 heterocycles. The van der Waals surface area contributed by atoms with Gasteiger partial charge in [0, 0.05) is 27.5 Å². The number of hydrogen-bond donors (Lipinski definition) is 1. The number of thiazole rings is 2. The number of alkyl halides is 3. The van der Waals surface area contributed by atoms with Gasteiger partial charge in [-0.1, -0.05) is 12.1 Å². The van der Waals surface area contributed by atoms with Gasteiger partial charge in [-0.15, -0.1) is 34.4 Å². The minimum absolute atomic E-state index is 0.0497. The zero-order valence-corrected chi connectivity index (χ0v) is 20.1. The van der Waals surface area contributed by atoms with E-state index in [1.165, 1.54) is 34.8 Å². The maximum absolute atomic E-state index is 12.8. The average molecular weight is 509 g/mol. The van der Waals surface area contributed by atoms with Gasteiger partial charge >= 0.3 is 12.1 Å². The Hall–Kier alpha value is -2.43. The maximum Gasteiger partial charge on any atom is 0.416 e. The van der Waals surface area contributed by atoms with E-state index in [1.807, 2.05) is 19.9 Å². The zero-order chi connectivity index (χ0) is 23.8. The lowest BCUT2D eigenvalue weighted by molar-refractivity contribution is -0.138. The van der Waals surface area contributed by atoms with Crippen LogP contribution in [0.2, 0.25) is 0 Å². The summed E-state index contributed by atoms with van der Waals surface area (Å²) >= 11 is 4.66. The number of hydrogen-bond acceptors (Lipinski definition) is 6. The molecule has 0 unspecified atom stereocenters. The van der Waals surface area contributed by atoms with Gasteiger partial charge in [0.1, 0.15) is 5.01 Å². The van der Waals surface area contributed by atoms with Crippen LogP contribution in [0.3, 0.4) is 0 Å². The van der Waals surface area contributed by atoms with Gasteiger partial charge in [0.2, 0.25) is 0 Å². The van der Waals surface area contributed by atoms with Crippen molar-refractivity contribution < 1.29 is 23.1 Å². The van der Waals surface area contributed by atoms with Gasteiger partial charge in [0.25, 0.3) is 0 Å². The molecule has 0 bridgehead atoms. The van der Waals surface area contributed by atoms with Crippen molar-refractivity contribution in [1.29, 1.82) is 0 Å². The molecule has 1 N–H and O–H groups in total. The van der Waals surface area contributed by atoms with Crippen LogP contribution < -0.4 is 0 Å². The molecule has 0 saturated carbocycles. The quantitative estimate of drug-likeness (QED) is 0.264. The van der Waals surface area contributed by atoms with E-state index in [1.54, 1.807) is 11.8 Å². The van der Waals surface area contributed by atoms with Crippen molar-refractivity contribution in [3.63, 3.8) is 0 Å². The van der Waals surface area contributed by atoms with E-state index in [-0.39, 0.29) is 6.42 Å². The molecule has 4 nitrogen and oxygen atoms in total. The van der Waals surface area contributed by atoms with E-state index in [0.717, 1.165) is 48.4 Å². The largest absolute Gasteiger partial charge is 0.481 e. The van der Waals surface area contributed by atoms with Crippen molar-refractivity contribution in [2.75, 3.05) is 0 Å². The molecule has 0 aliphatic carbocycles. The molecule has 2 aromatic carbocycles. The third kappa shape index (κ3) is 5.56. The van der Waals surface area contributed by atoms with Gasteiger partial charge in [-0.05, 0) is 43.7 Å². The number of halogens is 3. The molecule has 10 heteroatoms. The number of carboxylic acids is 1. The Labute approximate surface area is 200 Å². The van der Waals surface area contributed by atoms with Crippen molar-refractivity contribution in [2.24, 2.45) is 0 Å². The van der Waals surface area contributed by atoms with Gasteiger partial charge in [0.05, 0.1) is 32.9 Å². The minimum atomic E-state index is -4.36. The first-order chi connectivity index (χ1) is 15.6. The molecule has 172 valence electrons. The summed E-state index contributed by atoms with van der Waals surface area (Å²) in [6, 6.07) is 9.17. The fourth-order valence-electron chi connectivity index (χ4n) is 3.24. The minimum Gasteiger partial charge on any atom is -0.481 e. The Morgan fingerprint density at radius 3 is 2.48 bits per heavy atom. The number of aryl methyl sites for hydroxylation is 3. The van der Waals surface area contributed by atoms with Gasteiger partial charge in [-0.2, -0.15) is 13.2 Å². The predicted molar refractivity (Wildman–Crippen MR) is 127 cm³/mol. The standard InChI is InChI=1S/C23H19F3N2O2S3/c1-12-9-16-21(33-19(28-16)7-8-20(29)30)17(10-12)31-11-18-13(2)27-22(32-18)14-3-5-15(6-4-14)23(24,25)26/h3-6,9-10H,7-8,11H2,1-2H3,(H,29,30). The fraction of sp³-hybridized carbons (Fsp3) is 0.261. The third-order valence-corrected chi connectivity index (χ3v) is 8.66. The summed E-state index contributed by atoms with van der Waals surface area (Å²) in [5.41, 5.74) is 2.79. The van der Waals surface area contributed by atoms with Crippen LogP contribution in [0.15, 0.2) is 41.3 Å². The van der Waals surface area contributed by atoms with Crippen LogP contribution in [0, 0.1) is 13.8 Å². The van der Waals surface area contributed by atoms with Crippen LogP contribution >= 0.6 is 34.4 Å². The molecule has 0 aliphatic rings. The van der Waals surface area contributed by atoms with E-state index >= 15 is 0 Å². The van der Waals surface area contributed by atoms with Crippen molar-refractivity contribution in [3.05, 3.63) is 63.1 Å². The SMILES string of the molecule is Cc1cc(SCc2sc(-c3ccc(C(F)(F)F)cc3)nc2C)c2sc(CCC(=O)O)nc2c1. The molecule has 0 saturated heterocycles. The fourth-order valence-corrected chi connectivity index (χ4v) is 6.77. The van der Waals surface area contributed by atoms with Crippen molar-refractivity contribution >= 4 is 50.6 Å². The van der Waals surface area contributed by atoms with Crippen molar-refractivity contribution in [1.82, 2.24) is 9.97 Å². The Morgan fingerprint density at radius 2 is 1.82 bits per heavy atom. The van der Waals surface area contributed by atoms with Crippen LogP contribution in [0.1, 0.15) is 33.1 Å². The molecule has 33 heavy (non-hydrogen) atoms. The number of aliphatic carboxylic acids is 1. The van der Waals surface area contributed by atoms with Crippen molar-refractivity contribution in [3.8, 4) is 10.6 Å². The first-order valence-corrected chi connectivity index (χ1v) is 12.6. The monoisotopic (exact) mass is 508 g/mol. The highest BCUT2D eigenvalue weighted by Gasteiger charge is 2.30. The number of aromatic nitrogens is 2. The summed E-state index contributed by atoms with van der Waals surface area (Å²) in [6.07, 6.45) is -3.90. The van der Waals surface area contributed by atoms with Gasteiger partial charge in [-0.3, -0.25) is 4.79 Å². The highest BCUT2D eigenvalue weighted by atomic mass is 32.2. The first kappa shape index (κ1) is 23.7. The third-order valence-electron chi connectivity index (χ3n) is 4.91. The number of rotatable bonds is 7. The summed E-state index contributed by atoms with van der Waals surface area (Å²) < 4.78 is 39.5. The average Bonchev–Trinajstić information content (AvgIpc) is 3.33.